The molecule has 3 N–H and O–H groups in total. The van der Waals surface area contributed by atoms with Gasteiger partial charge in [0, 0.05) is 18.8 Å². The monoisotopic (exact) mass is 235 g/mol. The second-order valence-corrected chi connectivity index (χ2v) is 3.83. The summed E-state index contributed by atoms with van der Waals surface area (Å²) in [5.41, 5.74) is 1.71. The average Bonchev–Trinajstić information content (AvgIpc) is 2.34. The number of fused-ring (bicyclic) bond motifs is 1. The van der Waals surface area contributed by atoms with Gasteiger partial charge in [-0.3, -0.25) is 4.79 Å². The van der Waals surface area contributed by atoms with Gasteiger partial charge in [0.25, 0.3) is 5.91 Å². The molecule has 0 atom stereocenters. The lowest BCUT2D eigenvalue weighted by Crippen LogP contribution is -2.25. The molecule has 1 heterocycles. The molecule has 1 aliphatic heterocycles. The minimum atomic E-state index is -0.109. The van der Waals surface area contributed by atoms with Crippen molar-refractivity contribution in [1.29, 1.82) is 0 Å². The molecule has 1 aromatic carbocycles. The Labute approximate surface area is 101 Å². The van der Waals surface area contributed by atoms with Crippen molar-refractivity contribution in [3.05, 3.63) is 18.2 Å². The van der Waals surface area contributed by atoms with Crippen LogP contribution in [-0.2, 0) is 4.79 Å². The van der Waals surface area contributed by atoms with E-state index in [9.17, 15) is 4.79 Å². The molecule has 0 fully saturated rings. The number of hydrogen-bond donors (Lipinski definition) is 3. The maximum Gasteiger partial charge on any atom is 0.262 e. The second-order valence-electron chi connectivity index (χ2n) is 3.83. The minimum Gasteiger partial charge on any atom is -0.482 e. The predicted octanol–water partition coefficient (Wildman–Crippen LogP) is 1.04. The van der Waals surface area contributed by atoms with Crippen molar-refractivity contribution in [2.24, 2.45) is 0 Å². The fraction of sp³-hybridized carbons (Fsp3) is 0.417. The fourth-order valence-corrected chi connectivity index (χ4v) is 1.67. The Morgan fingerprint density at radius 1 is 1.41 bits per heavy atom. The molecule has 92 valence electrons. The van der Waals surface area contributed by atoms with E-state index in [2.05, 4.69) is 22.9 Å². The van der Waals surface area contributed by atoms with Gasteiger partial charge in [-0.05, 0) is 24.7 Å². The number of rotatable bonds is 5. The van der Waals surface area contributed by atoms with E-state index in [1.165, 1.54) is 0 Å². The average molecular weight is 235 g/mol. The molecule has 1 aromatic rings. The van der Waals surface area contributed by atoms with Crippen LogP contribution in [0, 0.1) is 0 Å². The van der Waals surface area contributed by atoms with Crippen LogP contribution in [0.15, 0.2) is 18.2 Å². The van der Waals surface area contributed by atoms with Gasteiger partial charge in [-0.1, -0.05) is 6.92 Å². The Balaban J connectivity index is 1.95. The van der Waals surface area contributed by atoms with E-state index in [0.717, 1.165) is 36.8 Å². The van der Waals surface area contributed by atoms with Crippen LogP contribution in [0.25, 0.3) is 0 Å². The number of likely N-dealkylation sites (N-methyl/N-ethyl adjacent to an activating group) is 1. The highest BCUT2D eigenvalue weighted by Crippen LogP contribution is 2.30. The summed E-state index contributed by atoms with van der Waals surface area (Å²) in [7, 11) is 0. The minimum absolute atomic E-state index is 0.0974. The number of ether oxygens (including phenoxy) is 1. The zero-order valence-electron chi connectivity index (χ0n) is 9.88. The number of nitrogens with one attached hydrogen (secondary N) is 3. The Kier molecular flexibility index (Phi) is 3.82. The van der Waals surface area contributed by atoms with Crippen molar-refractivity contribution in [1.82, 2.24) is 5.32 Å². The van der Waals surface area contributed by atoms with Crippen LogP contribution in [0.4, 0.5) is 11.4 Å². The van der Waals surface area contributed by atoms with Crippen molar-refractivity contribution < 1.29 is 9.53 Å². The Hall–Kier alpha value is -1.75. The van der Waals surface area contributed by atoms with Crippen molar-refractivity contribution in [2.45, 2.75) is 6.92 Å². The van der Waals surface area contributed by atoms with Crippen LogP contribution < -0.4 is 20.7 Å². The first-order chi connectivity index (χ1) is 8.29. The molecule has 2 rings (SSSR count). The molecule has 1 aliphatic rings. The van der Waals surface area contributed by atoms with Crippen molar-refractivity contribution in [2.75, 3.05) is 36.9 Å². The largest absolute Gasteiger partial charge is 0.482 e. The van der Waals surface area contributed by atoms with Gasteiger partial charge in [0.15, 0.2) is 6.61 Å². The molecule has 0 unspecified atom stereocenters. The van der Waals surface area contributed by atoms with E-state index in [1.807, 2.05) is 18.2 Å². The quantitative estimate of drug-likeness (QED) is 0.667. The second kappa shape index (κ2) is 5.54. The summed E-state index contributed by atoms with van der Waals surface area (Å²) in [6, 6.07) is 5.70. The molecule has 17 heavy (non-hydrogen) atoms. The molecule has 0 radical (unpaired) electrons. The maximum atomic E-state index is 11.2. The van der Waals surface area contributed by atoms with Crippen LogP contribution in [0.5, 0.6) is 5.75 Å². The van der Waals surface area contributed by atoms with E-state index in [0.29, 0.717) is 0 Å². The highest BCUT2D eigenvalue weighted by atomic mass is 16.5. The highest BCUT2D eigenvalue weighted by Gasteiger charge is 2.15. The summed E-state index contributed by atoms with van der Waals surface area (Å²) in [6.45, 7) is 4.90. The third kappa shape index (κ3) is 3.10. The van der Waals surface area contributed by atoms with E-state index in [-0.39, 0.29) is 12.5 Å². The maximum absolute atomic E-state index is 11.2. The van der Waals surface area contributed by atoms with E-state index in [4.69, 9.17) is 4.74 Å². The number of carbonyl (C=O) groups is 1. The van der Waals surface area contributed by atoms with Gasteiger partial charge in [-0.25, -0.2) is 0 Å². The van der Waals surface area contributed by atoms with Gasteiger partial charge in [0.2, 0.25) is 0 Å². The van der Waals surface area contributed by atoms with Gasteiger partial charge in [-0.15, -0.1) is 0 Å². The van der Waals surface area contributed by atoms with Gasteiger partial charge < -0.3 is 20.7 Å². The predicted molar refractivity (Wildman–Crippen MR) is 67.6 cm³/mol. The molecular weight excluding hydrogens is 218 g/mol. The summed E-state index contributed by atoms with van der Waals surface area (Å²) >= 11 is 0. The van der Waals surface area contributed by atoms with Gasteiger partial charge >= 0.3 is 0 Å². The number of amides is 1. The molecule has 0 spiro atoms. The summed E-state index contributed by atoms with van der Waals surface area (Å²) in [5.74, 6) is 0.615. The first-order valence-corrected chi connectivity index (χ1v) is 5.81. The van der Waals surface area contributed by atoms with Crippen LogP contribution in [0.2, 0.25) is 0 Å². The molecule has 1 amide bonds. The van der Waals surface area contributed by atoms with Gasteiger partial charge in [-0.2, -0.15) is 0 Å². The number of hydrogen-bond acceptors (Lipinski definition) is 4. The van der Waals surface area contributed by atoms with Crippen LogP contribution in [0.3, 0.4) is 0 Å². The molecule has 5 nitrogen and oxygen atoms in total. The topological polar surface area (TPSA) is 62.4 Å². The van der Waals surface area contributed by atoms with E-state index in [1.54, 1.807) is 0 Å². The van der Waals surface area contributed by atoms with Crippen molar-refractivity contribution in [3.8, 4) is 5.75 Å². The molecule has 0 saturated heterocycles. The van der Waals surface area contributed by atoms with Crippen LogP contribution >= 0.6 is 0 Å². The Bertz CT molecular complexity index is 407. The highest BCUT2D eigenvalue weighted by molar-refractivity contribution is 5.95. The molecule has 0 bridgehead atoms. The lowest BCUT2D eigenvalue weighted by atomic mass is 10.2. The van der Waals surface area contributed by atoms with E-state index >= 15 is 0 Å². The molecule has 5 heteroatoms. The molecule has 0 aliphatic carbocycles. The van der Waals surface area contributed by atoms with Gasteiger partial charge in [0.05, 0.1) is 5.69 Å². The van der Waals surface area contributed by atoms with Crippen LogP contribution in [-0.4, -0.2) is 32.1 Å². The SMILES string of the molecule is CCNCCNc1ccc2c(c1)NC(=O)CO2. The summed E-state index contributed by atoms with van der Waals surface area (Å²) < 4.78 is 5.28. The number of carbonyl (C=O) groups excluding carboxylic acids is 1. The third-order valence-corrected chi connectivity index (χ3v) is 2.49. The normalized spacial score (nSPS) is 13.6. The fourth-order valence-electron chi connectivity index (χ4n) is 1.67. The standard InChI is InChI=1S/C12H17N3O2/c1-2-13-5-6-14-9-3-4-11-10(7-9)15-12(16)8-17-11/h3-4,7,13-14H,2,5-6,8H2,1H3,(H,15,16). The zero-order chi connectivity index (χ0) is 12.1. The van der Waals surface area contributed by atoms with E-state index < -0.39 is 0 Å². The smallest absolute Gasteiger partial charge is 0.262 e. The first kappa shape index (κ1) is 11.7. The van der Waals surface area contributed by atoms with Crippen molar-refractivity contribution in [3.63, 3.8) is 0 Å². The number of anilines is 2. The summed E-state index contributed by atoms with van der Waals surface area (Å²) in [5, 5.41) is 9.29. The molecular formula is C12H17N3O2. The summed E-state index contributed by atoms with van der Waals surface area (Å²) in [4.78, 5) is 11.2. The molecule has 0 aromatic heterocycles. The zero-order valence-corrected chi connectivity index (χ0v) is 9.88. The first-order valence-electron chi connectivity index (χ1n) is 5.81. The van der Waals surface area contributed by atoms with Gasteiger partial charge in [0.1, 0.15) is 5.75 Å². The van der Waals surface area contributed by atoms with Crippen LogP contribution in [0.1, 0.15) is 6.92 Å². The van der Waals surface area contributed by atoms with Crippen molar-refractivity contribution >= 4 is 17.3 Å². The lowest BCUT2D eigenvalue weighted by molar-refractivity contribution is -0.118. The summed E-state index contributed by atoms with van der Waals surface area (Å²) in [6.07, 6.45) is 0. The molecule has 0 saturated carbocycles. The third-order valence-electron chi connectivity index (χ3n) is 2.49. The Morgan fingerprint density at radius 2 is 2.29 bits per heavy atom. The Morgan fingerprint density at radius 3 is 3.12 bits per heavy atom. The number of benzene rings is 1. The lowest BCUT2D eigenvalue weighted by Gasteiger charge is -2.18.